The molecule has 5 heteroatoms. The molecule has 0 aliphatic carbocycles. The topological polar surface area (TPSA) is 17.0 Å². The summed E-state index contributed by atoms with van der Waals surface area (Å²) in [5, 5.41) is 0. The zero-order valence-electron chi connectivity index (χ0n) is 10.1. The van der Waals surface area contributed by atoms with Crippen molar-refractivity contribution < 1.29 is 8.78 Å². The quantitative estimate of drug-likeness (QED) is 0.850. The van der Waals surface area contributed by atoms with Crippen molar-refractivity contribution in [3.05, 3.63) is 57.3 Å². The molecular formula is C13H13BrF2N2. The lowest BCUT2D eigenvalue weighted by molar-refractivity contribution is 0.550. The first-order chi connectivity index (χ1) is 8.50. The smallest absolute Gasteiger partial charge is 0.145 e. The summed E-state index contributed by atoms with van der Waals surface area (Å²) < 4.78 is 29.4. The second-order valence-corrected chi connectivity index (χ2v) is 4.96. The molecule has 0 spiro atoms. The summed E-state index contributed by atoms with van der Waals surface area (Å²) in [6.07, 6.45) is 0. The molecule has 2 nitrogen and oxygen atoms in total. The first-order valence-corrected chi connectivity index (χ1v) is 6.31. The van der Waals surface area contributed by atoms with E-state index in [9.17, 15) is 8.78 Å². The summed E-state index contributed by atoms with van der Waals surface area (Å²) >= 11 is 3.05. The molecule has 1 aromatic heterocycles. The minimum Gasteiger partial charge on any atom is -0.321 e. The fraction of sp³-hybridized carbons (Fsp3) is 0.231. The van der Waals surface area contributed by atoms with E-state index in [1.165, 1.54) is 12.1 Å². The molecule has 0 atom stereocenters. The minimum absolute atomic E-state index is 0.0249. The van der Waals surface area contributed by atoms with Crippen molar-refractivity contribution in [3.63, 3.8) is 0 Å². The SMILES string of the molecule is Cc1ccc(C)n1NCc1c(F)ccc(Br)c1F. The number of rotatable bonds is 3. The van der Waals surface area contributed by atoms with Gasteiger partial charge in [-0.2, -0.15) is 0 Å². The van der Waals surface area contributed by atoms with E-state index in [1.54, 1.807) is 4.68 Å². The Labute approximate surface area is 113 Å². The highest BCUT2D eigenvalue weighted by Gasteiger charge is 2.12. The first-order valence-electron chi connectivity index (χ1n) is 5.52. The highest BCUT2D eigenvalue weighted by atomic mass is 79.9. The van der Waals surface area contributed by atoms with Crippen molar-refractivity contribution in [3.8, 4) is 0 Å². The van der Waals surface area contributed by atoms with Gasteiger partial charge in [-0.05, 0) is 54.0 Å². The average molecular weight is 315 g/mol. The number of halogens is 3. The van der Waals surface area contributed by atoms with E-state index in [-0.39, 0.29) is 16.6 Å². The molecule has 0 amide bonds. The number of benzene rings is 1. The lowest BCUT2D eigenvalue weighted by Gasteiger charge is -2.14. The van der Waals surface area contributed by atoms with E-state index >= 15 is 0 Å². The van der Waals surface area contributed by atoms with Crippen LogP contribution in [0.2, 0.25) is 0 Å². The van der Waals surface area contributed by atoms with Gasteiger partial charge in [0.15, 0.2) is 0 Å². The maximum absolute atomic E-state index is 13.8. The number of hydrogen-bond acceptors (Lipinski definition) is 1. The molecule has 0 saturated carbocycles. The lowest BCUT2D eigenvalue weighted by atomic mass is 10.2. The van der Waals surface area contributed by atoms with Gasteiger partial charge in [0.05, 0.1) is 11.0 Å². The van der Waals surface area contributed by atoms with E-state index in [0.717, 1.165) is 11.4 Å². The summed E-state index contributed by atoms with van der Waals surface area (Å²) in [7, 11) is 0. The predicted molar refractivity (Wildman–Crippen MR) is 71.0 cm³/mol. The third kappa shape index (κ3) is 2.41. The van der Waals surface area contributed by atoms with Crippen LogP contribution in [-0.4, -0.2) is 4.68 Å². The highest BCUT2D eigenvalue weighted by molar-refractivity contribution is 9.10. The van der Waals surface area contributed by atoms with Crippen molar-refractivity contribution in [1.29, 1.82) is 0 Å². The molecule has 0 aliphatic heterocycles. The van der Waals surface area contributed by atoms with Gasteiger partial charge < -0.3 is 5.43 Å². The van der Waals surface area contributed by atoms with Gasteiger partial charge >= 0.3 is 0 Å². The molecule has 18 heavy (non-hydrogen) atoms. The van der Waals surface area contributed by atoms with Gasteiger partial charge in [-0.3, -0.25) is 4.68 Å². The zero-order chi connectivity index (χ0) is 13.3. The van der Waals surface area contributed by atoms with Crippen LogP contribution in [0.15, 0.2) is 28.7 Å². The van der Waals surface area contributed by atoms with Crippen LogP contribution in [0.5, 0.6) is 0 Å². The summed E-state index contributed by atoms with van der Waals surface area (Å²) in [4.78, 5) is 0. The first kappa shape index (κ1) is 13.1. The van der Waals surface area contributed by atoms with Crippen LogP contribution < -0.4 is 5.43 Å². The van der Waals surface area contributed by atoms with Crippen LogP contribution in [0.1, 0.15) is 17.0 Å². The van der Waals surface area contributed by atoms with Crippen molar-refractivity contribution in [2.24, 2.45) is 0 Å². The molecule has 0 unspecified atom stereocenters. The normalized spacial score (nSPS) is 10.7. The molecule has 0 fully saturated rings. The third-order valence-corrected chi connectivity index (χ3v) is 3.44. The summed E-state index contributed by atoms with van der Waals surface area (Å²) in [6.45, 7) is 3.94. The van der Waals surface area contributed by atoms with Crippen LogP contribution in [0.4, 0.5) is 8.78 Å². The minimum atomic E-state index is -0.565. The van der Waals surface area contributed by atoms with Gasteiger partial charge in [0, 0.05) is 17.0 Å². The molecule has 0 bridgehead atoms. The Morgan fingerprint density at radius 3 is 2.33 bits per heavy atom. The van der Waals surface area contributed by atoms with Gasteiger partial charge in [-0.25, -0.2) is 8.78 Å². The fourth-order valence-corrected chi connectivity index (χ4v) is 2.18. The van der Waals surface area contributed by atoms with E-state index in [4.69, 9.17) is 0 Å². The fourth-order valence-electron chi connectivity index (χ4n) is 1.81. The lowest BCUT2D eigenvalue weighted by Crippen LogP contribution is -2.18. The maximum atomic E-state index is 13.8. The van der Waals surface area contributed by atoms with Crippen molar-refractivity contribution in [2.45, 2.75) is 20.4 Å². The highest BCUT2D eigenvalue weighted by Crippen LogP contribution is 2.21. The molecule has 96 valence electrons. The van der Waals surface area contributed by atoms with Crippen LogP contribution in [0, 0.1) is 25.5 Å². The largest absolute Gasteiger partial charge is 0.321 e. The zero-order valence-corrected chi connectivity index (χ0v) is 11.7. The summed E-state index contributed by atoms with van der Waals surface area (Å²) in [5.74, 6) is -1.12. The number of aryl methyl sites for hydroxylation is 2. The summed E-state index contributed by atoms with van der Waals surface area (Å²) in [6, 6.07) is 6.49. The van der Waals surface area contributed by atoms with Gasteiger partial charge in [0.25, 0.3) is 0 Å². The van der Waals surface area contributed by atoms with Gasteiger partial charge in [0.2, 0.25) is 0 Å². The standard InChI is InChI=1S/C13H13BrF2N2/c1-8-3-4-9(2)18(8)17-7-10-12(15)6-5-11(14)13(10)16/h3-6,17H,7H2,1-2H3. The second kappa shape index (κ2) is 5.10. The number of nitrogens with zero attached hydrogens (tertiary/aromatic N) is 1. The van der Waals surface area contributed by atoms with Crippen LogP contribution >= 0.6 is 15.9 Å². The Hall–Kier alpha value is -1.36. The van der Waals surface area contributed by atoms with Gasteiger partial charge in [-0.15, -0.1) is 0 Å². The number of nitrogens with one attached hydrogen (secondary N) is 1. The van der Waals surface area contributed by atoms with E-state index in [2.05, 4.69) is 21.4 Å². The van der Waals surface area contributed by atoms with Crippen LogP contribution in [0.25, 0.3) is 0 Å². The Kier molecular flexibility index (Phi) is 3.71. The average Bonchev–Trinajstić information content (AvgIpc) is 2.65. The Bertz CT molecular complexity index is 559. The van der Waals surface area contributed by atoms with E-state index in [1.807, 2.05) is 26.0 Å². The van der Waals surface area contributed by atoms with Gasteiger partial charge in [0.1, 0.15) is 11.6 Å². The van der Waals surface area contributed by atoms with Crippen LogP contribution in [-0.2, 0) is 6.54 Å². The number of aromatic nitrogens is 1. The summed E-state index contributed by atoms with van der Waals surface area (Å²) in [5.41, 5.74) is 5.01. The van der Waals surface area contributed by atoms with E-state index < -0.39 is 11.6 Å². The second-order valence-electron chi connectivity index (χ2n) is 4.11. The molecule has 1 aromatic carbocycles. The molecule has 2 aromatic rings. The molecule has 0 saturated heterocycles. The molecule has 2 rings (SSSR count). The molecule has 1 N–H and O–H groups in total. The number of hydrogen-bond donors (Lipinski definition) is 1. The molecule has 1 heterocycles. The third-order valence-electron chi connectivity index (χ3n) is 2.82. The predicted octanol–water partition coefficient (Wildman–Crippen LogP) is 3.89. The van der Waals surface area contributed by atoms with Gasteiger partial charge in [-0.1, -0.05) is 0 Å². The molecular weight excluding hydrogens is 302 g/mol. The van der Waals surface area contributed by atoms with Crippen LogP contribution in [0.3, 0.4) is 0 Å². The Balaban J connectivity index is 2.24. The van der Waals surface area contributed by atoms with Crippen molar-refractivity contribution in [2.75, 3.05) is 5.43 Å². The van der Waals surface area contributed by atoms with E-state index in [0.29, 0.717) is 0 Å². The maximum Gasteiger partial charge on any atom is 0.145 e. The monoisotopic (exact) mass is 314 g/mol. The van der Waals surface area contributed by atoms with Crippen molar-refractivity contribution in [1.82, 2.24) is 4.68 Å². The molecule has 0 aliphatic rings. The van der Waals surface area contributed by atoms with Crippen molar-refractivity contribution >= 4 is 15.9 Å². The Morgan fingerprint density at radius 1 is 1.11 bits per heavy atom. The Morgan fingerprint density at radius 2 is 1.72 bits per heavy atom. The molecule has 0 radical (unpaired) electrons.